The molecule has 0 fully saturated rings. The second-order valence-electron chi connectivity index (χ2n) is 2.66. The molecule has 0 radical (unpaired) electrons. The van der Waals surface area contributed by atoms with Crippen LogP contribution in [-0.2, 0) is 0 Å². The van der Waals surface area contributed by atoms with E-state index in [1.807, 2.05) is 0 Å². The highest BCUT2D eigenvalue weighted by Crippen LogP contribution is 2.09. The summed E-state index contributed by atoms with van der Waals surface area (Å²) in [4.78, 5) is 14.7. The average Bonchev–Trinajstić information content (AvgIpc) is 2.16. The van der Waals surface area contributed by atoms with Gasteiger partial charge in [-0.3, -0.25) is 4.99 Å². The lowest BCUT2D eigenvalue weighted by atomic mass is 10.0. The molecule has 1 aromatic carbocycles. The third-order valence-electron chi connectivity index (χ3n) is 1.88. The van der Waals surface area contributed by atoms with E-state index >= 15 is 0 Å². The predicted molar refractivity (Wildman–Crippen MR) is 51.5 cm³/mol. The maximum absolute atomic E-state index is 10.8. The first-order valence-electron chi connectivity index (χ1n) is 3.93. The highest BCUT2D eigenvalue weighted by molar-refractivity contribution is 6.07. The Hall–Kier alpha value is -1.64. The van der Waals surface area contributed by atoms with E-state index in [2.05, 4.69) is 4.99 Å². The molecule has 3 nitrogen and oxygen atoms in total. The number of carboxylic acid groups (broad SMARTS) is 1. The topological polar surface area (TPSA) is 49.7 Å². The number of hydrogen-bond acceptors (Lipinski definition) is 2. The molecule has 0 bridgehead atoms. The Bertz CT molecular complexity index is 356. The number of benzene rings is 1. The van der Waals surface area contributed by atoms with Crippen LogP contribution in [0.25, 0.3) is 0 Å². The molecular formula is C10H11NO2. The van der Waals surface area contributed by atoms with Crippen LogP contribution in [0.3, 0.4) is 0 Å². The van der Waals surface area contributed by atoms with Crippen LogP contribution in [-0.4, -0.2) is 23.8 Å². The summed E-state index contributed by atoms with van der Waals surface area (Å²) < 4.78 is 0. The Morgan fingerprint density at radius 3 is 2.31 bits per heavy atom. The zero-order chi connectivity index (χ0) is 9.84. The lowest BCUT2D eigenvalue weighted by molar-refractivity contribution is 0.0696. The Morgan fingerprint density at radius 1 is 1.31 bits per heavy atom. The molecule has 13 heavy (non-hydrogen) atoms. The van der Waals surface area contributed by atoms with Gasteiger partial charge in [-0.25, -0.2) is 4.79 Å². The van der Waals surface area contributed by atoms with Crippen LogP contribution in [0, 0.1) is 0 Å². The van der Waals surface area contributed by atoms with Crippen molar-refractivity contribution in [1.82, 2.24) is 0 Å². The summed E-state index contributed by atoms with van der Waals surface area (Å²) in [7, 11) is 1.65. The summed E-state index contributed by atoms with van der Waals surface area (Å²) in [5.41, 5.74) is 1.71. The lowest BCUT2D eigenvalue weighted by Gasteiger charge is -2.03. The normalized spacial score (nSPS) is 11.4. The zero-order valence-corrected chi connectivity index (χ0v) is 7.61. The summed E-state index contributed by atoms with van der Waals surface area (Å²) in [6.07, 6.45) is 0. The van der Waals surface area contributed by atoms with E-state index in [1.165, 1.54) is 0 Å². The SMILES string of the molecule is CN=C(C)c1ccccc1C(=O)O. The zero-order valence-electron chi connectivity index (χ0n) is 7.61. The van der Waals surface area contributed by atoms with Crippen molar-refractivity contribution in [2.75, 3.05) is 7.05 Å². The van der Waals surface area contributed by atoms with E-state index in [-0.39, 0.29) is 0 Å². The van der Waals surface area contributed by atoms with Crippen molar-refractivity contribution in [3.8, 4) is 0 Å². The van der Waals surface area contributed by atoms with E-state index in [4.69, 9.17) is 5.11 Å². The van der Waals surface area contributed by atoms with Crippen LogP contribution >= 0.6 is 0 Å². The highest BCUT2D eigenvalue weighted by atomic mass is 16.4. The van der Waals surface area contributed by atoms with Crippen molar-refractivity contribution >= 4 is 11.7 Å². The van der Waals surface area contributed by atoms with Gasteiger partial charge < -0.3 is 5.11 Å². The van der Waals surface area contributed by atoms with Gasteiger partial charge in [-0.1, -0.05) is 18.2 Å². The molecule has 0 saturated carbocycles. The minimum Gasteiger partial charge on any atom is -0.478 e. The van der Waals surface area contributed by atoms with Gasteiger partial charge in [0.25, 0.3) is 0 Å². The third kappa shape index (κ3) is 1.93. The fraction of sp³-hybridized carbons (Fsp3) is 0.200. The van der Waals surface area contributed by atoms with Crippen LogP contribution in [0.4, 0.5) is 0 Å². The second-order valence-corrected chi connectivity index (χ2v) is 2.66. The van der Waals surface area contributed by atoms with Crippen molar-refractivity contribution in [1.29, 1.82) is 0 Å². The van der Waals surface area contributed by atoms with Crippen LogP contribution in [0.1, 0.15) is 22.8 Å². The van der Waals surface area contributed by atoms with Gasteiger partial charge in [0, 0.05) is 18.3 Å². The Kier molecular flexibility index (Phi) is 2.80. The standard InChI is InChI=1S/C10H11NO2/c1-7(11-2)8-5-3-4-6-9(8)10(12)13/h3-6H,1-2H3,(H,12,13). The molecule has 0 aliphatic rings. The Morgan fingerprint density at radius 2 is 1.85 bits per heavy atom. The predicted octanol–water partition coefficient (Wildman–Crippen LogP) is 1.82. The quantitative estimate of drug-likeness (QED) is 0.700. The minimum absolute atomic E-state index is 0.297. The Balaban J connectivity index is 3.28. The average molecular weight is 177 g/mol. The molecule has 3 heteroatoms. The first-order valence-corrected chi connectivity index (χ1v) is 3.93. The van der Waals surface area contributed by atoms with Crippen LogP contribution in [0.5, 0.6) is 0 Å². The van der Waals surface area contributed by atoms with Gasteiger partial charge in [-0.05, 0) is 13.0 Å². The van der Waals surface area contributed by atoms with E-state index in [0.717, 1.165) is 5.71 Å². The van der Waals surface area contributed by atoms with Gasteiger partial charge in [-0.2, -0.15) is 0 Å². The summed E-state index contributed by atoms with van der Waals surface area (Å²) in [5, 5.41) is 8.86. The monoisotopic (exact) mass is 177 g/mol. The van der Waals surface area contributed by atoms with Gasteiger partial charge in [-0.15, -0.1) is 0 Å². The summed E-state index contributed by atoms with van der Waals surface area (Å²) in [6.45, 7) is 1.79. The van der Waals surface area contributed by atoms with Gasteiger partial charge in [0.15, 0.2) is 0 Å². The van der Waals surface area contributed by atoms with E-state index in [9.17, 15) is 4.79 Å². The van der Waals surface area contributed by atoms with Crippen molar-refractivity contribution < 1.29 is 9.90 Å². The molecule has 1 rings (SSSR count). The second kappa shape index (κ2) is 3.85. The van der Waals surface area contributed by atoms with Crippen molar-refractivity contribution in [2.45, 2.75) is 6.92 Å². The lowest BCUT2D eigenvalue weighted by Crippen LogP contribution is -2.06. The van der Waals surface area contributed by atoms with Crippen LogP contribution in [0.15, 0.2) is 29.3 Å². The van der Waals surface area contributed by atoms with E-state index in [0.29, 0.717) is 11.1 Å². The smallest absolute Gasteiger partial charge is 0.336 e. The maximum atomic E-state index is 10.8. The molecule has 1 N–H and O–H groups in total. The van der Waals surface area contributed by atoms with Gasteiger partial charge >= 0.3 is 5.97 Å². The van der Waals surface area contributed by atoms with E-state index < -0.39 is 5.97 Å². The minimum atomic E-state index is -0.918. The molecule has 68 valence electrons. The number of carbonyl (C=O) groups is 1. The summed E-state index contributed by atoms with van der Waals surface area (Å²) in [5.74, 6) is -0.918. The van der Waals surface area contributed by atoms with E-state index in [1.54, 1.807) is 38.2 Å². The molecule has 0 unspecified atom stereocenters. The molecule has 0 heterocycles. The number of hydrogen-bond donors (Lipinski definition) is 1. The molecule has 0 aromatic heterocycles. The van der Waals surface area contributed by atoms with Crippen molar-refractivity contribution in [3.63, 3.8) is 0 Å². The molecule has 0 aliphatic carbocycles. The fourth-order valence-electron chi connectivity index (χ4n) is 1.11. The first-order chi connectivity index (χ1) is 6.16. The van der Waals surface area contributed by atoms with Crippen molar-refractivity contribution in [2.24, 2.45) is 4.99 Å². The van der Waals surface area contributed by atoms with Crippen molar-refractivity contribution in [3.05, 3.63) is 35.4 Å². The summed E-state index contributed by atoms with van der Waals surface area (Å²) in [6, 6.07) is 6.84. The number of rotatable bonds is 2. The van der Waals surface area contributed by atoms with Gasteiger partial charge in [0.2, 0.25) is 0 Å². The molecule has 0 atom stereocenters. The number of nitrogens with zero attached hydrogens (tertiary/aromatic N) is 1. The number of aliphatic imine (C=N–C) groups is 1. The highest BCUT2D eigenvalue weighted by Gasteiger charge is 2.09. The third-order valence-corrected chi connectivity index (χ3v) is 1.88. The molecule has 0 amide bonds. The molecule has 0 aliphatic heterocycles. The van der Waals surface area contributed by atoms with Gasteiger partial charge in [0.05, 0.1) is 5.56 Å². The van der Waals surface area contributed by atoms with Crippen LogP contribution < -0.4 is 0 Å². The maximum Gasteiger partial charge on any atom is 0.336 e. The fourth-order valence-corrected chi connectivity index (χ4v) is 1.11. The Labute approximate surface area is 76.7 Å². The summed E-state index contributed by atoms with van der Waals surface area (Å²) >= 11 is 0. The largest absolute Gasteiger partial charge is 0.478 e. The number of carboxylic acids is 1. The first kappa shape index (κ1) is 9.45. The van der Waals surface area contributed by atoms with Crippen LogP contribution in [0.2, 0.25) is 0 Å². The molecule has 1 aromatic rings. The van der Waals surface area contributed by atoms with Gasteiger partial charge in [0.1, 0.15) is 0 Å². The molecule has 0 spiro atoms. The molecular weight excluding hydrogens is 166 g/mol. The molecule has 0 saturated heterocycles. The number of aromatic carboxylic acids is 1.